The second-order valence-electron chi connectivity index (χ2n) is 9.20. The van der Waals surface area contributed by atoms with E-state index in [9.17, 15) is 27.8 Å². The number of aromatic nitrogens is 2. The number of rotatable bonds is 8. The van der Waals surface area contributed by atoms with Gasteiger partial charge in [0.05, 0.1) is 19.8 Å². The Morgan fingerprint density at radius 1 is 1.27 bits per heavy atom. The number of amides is 1. The monoisotopic (exact) mass is 598 g/mol. The van der Waals surface area contributed by atoms with E-state index in [0.717, 1.165) is 28.3 Å². The molecule has 2 aromatic heterocycles. The Kier molecular flexibility index (Phi) is 8.57. The Hall–Kier alpha value is -3.04. The lowest BCUT2D eigenvalue weighted by Gasteiger charge is -2.35. The summed E-state index contributed by atoms with van der Waals surface area (Å²) in [7, 11) is -2.44. The zero-order valence-corrected chi connectivity index (χ0v) is 23.9. The van der Waals surface area contributed by atoms with Crippen molar-refractivity contribution in [2.45, 2.75) is 39.4 Å². The van der Waals surface area contributed by atoms with Gasteiger partial charge < -0.3 is 13.9 Å². The fourth-order valence-corrected chi connectivity index (χ4v) is 7.80. The minimum Gasteiger partial charge on any atom is -0.336 e. The first kappa shape index (κ1) is 29.9. The summed E-state index contributed by atoms with van der Waals surface area (Å²) >= 11 is 1.16. The molecular weight excluding hydrogens is 571 g/mol. The summed E-state index contributed by atoms with van der Waals surface area (Å²) in [4.78, 5) is 15.8. The van der Waals surface area contributed by atoms with Crippen LogP contribution < -0.4 is 0 Å². The fraction of sp³-hybridized carbons (Fsp3) is 0.423. The van der Waals surface area contributed by atoms with Crippen LogP contribution in [0.25, 0.3) is 11.1 Å². The molecule has 0 spiro atoms. The van der Waals surface area contributed by atoms with Crippen LogP contribution in [0.4, 0.5) is 17.6 Å². The molecule has 8 nitrogen and oxygen atoms in total. The highest BCUT2D eigenvalue weighted by molar-refractivity contribution is 7.54. The number of halogens is 4. The molecule has 0 radical (unpaired) electrons. The molecule has 1 aliphatic rings. The number of aryl methyl sites for hydroxylation is 1. The van der Waals surface area contributed by atoms with Gasteiger partial charge in [-0.25, -0.2) is 4.39 Å². The smallest absolute Gasteiger partial charge is 0.336 e. The van der Waals surface area contributed by atoms with Gasteiger partial charge in [0.15, 0.2) is 5.69 Å². The maximum Gasteiger partial charge on any atom is 0.435 e. The fourth-order valence-electron chi connectivity index (χ4n) is 5.04. The average Bonchev–Trinajstić information content (AvgIpc) is 3.43. The predicted octanol–water partition coefficient (Wildman–Crippen LogP) is 6.23. The minimum absolute atomic E-state index is 0.0510. The Bertz CT molecular complexity index is 1520. The van der Waals surface area contributed by atoms with Gasteiger partial charge in [-0.05, 0) is 43.5 Å². The van der Waals surface area contributed by atoms with Gasteiger partial charge in [-0.1, -0.05) is 12.1 Å². The van der Waals surface area contributed by atoms with Gasteiger partial charge in [0, 0.05) is 41.7 Å². The molecule has 1 atom stereocenters. The second-order valence-corrected chi connectivity index (χ2v) is 12.4. The molecule has 214 valence electrons. The zero-order chi connectivity index (χ0) is 29.4. The molecule has 0 saturated heterocycles. The lowest BCUT2D eigenvalue weighted by molar-refractivity contribution is -0.141. The van der Waals surface area contributed by atoms with Gasteiger partial charge in [-0.3, -0.25) is 14.0 Å². The van der Waals surface area contributed by atoms with Crippen LogP contribution in [0.1, 0.15) is 51.9 Å². The molecule has 1 aliphatic heterocycles. The zero-order valence-electron chi connectivity index (χ0n) is 22.2. The van der Waals surface area contributed by atoms with Crippen molar-refractivity contribution in [3.8, 4) is 17.2 Å². The van der Waals surface area contributed by atoms with E-state index < -0.39 is 48.8 Å². The molecule has 3 aromatic rings. The summed E-state index contributed by atoms with van der Waals surface area (Å²) in [6, 6.07) is 6.10. The summed E-state index contributed by atoms with van der Waals surface area (Å²) < 4.78 is 81.8. The number of alkyl halides is 3. The number of carbonyl (C=O) groups excluding carboxylic acids is 1. The largest absolute Gasteiger partial charge is 0.435 e. The third-order valence-corrected chi connectivity index (χ3v) is 9.74. The lowest BCUT2D eigenvalue weighted by Crippen LogP contribution is -2.40. The van der Waals surface area contributed by atoms with E-state index in [4.69, 9.17) is 9.05 Å². The second kappa shape index (κ2) is 11.4. The normalized spacial score (nSPS) is 15.7. The summed E-state index contributed by atoms with van der Waals surface area (Å²) in [6.45, 7) is 5.12. The summed E-state index contributed by atoms with van der Waals surface area (Å²) in [5.41, 5.74) is -0.468. The van der Waals surface area contributed by atoms with Crippen molar-refractivity contribution in [1.29, 1.82) is 5.26 Å². The Labute approximate surface area is 232 Å². The molecule has 4 rings (SSSR count). The molecule has 1 amide bonds. The van der Waals surface area contributed by atoms with Crippen molar-refractivity contribution in [1.82, 2.24) is 14.7 Å². The number of benzene rings is 1. The molecule has 14 heteroatoms. The molecular formula is C26H27F4N4O4PS. The van der Waals surface area contributed by atoms with E-state index in [1.54, 1.807) is 20.8 Å². The van der Waals surface area contributed by atoms with Gasteiger partial charge in [0.1, 0.15) is 22.9 Å². The average molecular weight is 599 g/mol. The topological polar surface area (TPSA) is 97.5 Å². The van der Waals surface area contributed by atoms with Gasteiger partial charge in [0.2, 0.25) is 5.91 Å². The van der Waals surface area contributed by atoms with Gasteiger partial charge in [0.25, 0.3) is 0 Å². The van der Waals surface area contributed by atoms with Crippen molar-refractivity contribution < 1.29 is 36.0 Å². The highest BCUT2D eigenvalue weighted by atomic mass is 32.1. The first-order chi connectivity index (χ1) is 18.8. The van der Waals surface area contributed by atoms with Crippen molar-refractivity contribution >= 4 is 24.8 Å². The highest BCUT2D eigenvalue weighted by Gasteiger charge is 2.41. The van der Waals surface area contributed by atoms with E-state index in [-0.39, 0.29) is 37.4 Å². The van der Waals surface area contributed by atoms with Crippen LogP contribution in [0.3, 0.4) is 0 Å². The van der Waals surface area contributed by atoms with Crippen LogP contribution in [0, 0.1) is 24.1 Å². The lowest BCUT2D eigenvalue weighted by atomic mass is 9.81. The predicted molar refractivity (Wildman–Crippen MR) is 140 cm³/mol. The molecule has 0 bridgehead atoms. The number of hydrogen-bond donors (Lipinski definition) is 0. The van der Waals surface area contributed by atoms with Crippen LogP contribution >= 0.6 is 18.9 Å². The number of fused-ring (bicyclic) bond motifs is 1. The van der Waals surface area contributed by atoms with Crippen molar-refractivity contribution in [3.63, 3.8) is 0 Å². The number of nitrogens with zero attached hydrogens (tertiary/aromatic N) is 4. The SMILES string of the molecule is CCOP(=O)(CC(=O)N1Cc2sc(C#N)c(C)c2C(c2cccc(F)c2-c2cn(C)nc2C(F)(F)F)C1)OCC. The quantitative estimate of drug-likeness (QED) is 0.225. The Morgan fingerprint density at radius 2 is 1.95 bits per heavy atom. The molecule has 40 heavy (non-hydrogen) atoms. The third-order valence-electron chi connectivity index (χ3n) is 6.58. The van der Waals surface area contributed by atoms with Crippen molar-refractivity contribution in [2.24, 2.45) is 7.05 Å². The summed E-state index contributed by atoms with van der Waals surface area (Å²) in [6.07, 6.45) is -4.27. The number of nitriles is 1. The van der Waals surface area contributed by atoms with Crippen molar-refractivity contribution in [3.05, 3.63) is 62.4 Å². The molecule has 0 N–H and O–H groups in total. The van der Waals surface area contributed by atoms with Gasteiger partial charge >= 0.3 is 13.8 Å². The maximum atomic E-state index is 15.5. The maximum absolute atomic E-state index is 15.5. The number of hydrogen-bond acceptors (Lipinski definition) is 7. The molecule has 3 heterocycles. The van der Waals surface area contributed by atoms with Crippen LogP contribution in [-0.2, 0) is 38.2 Å². The van der Waals surface area contributed by atoms with Crippen LogP contribution in [-0.4, -0.2) is 46.5 Å². The van der Waals surface area contributed by atoms with E-state index in [1.165, 1.54) is 24.1 Å². The molecule has 0 aliphatic carbocycles. The standard InChI is InChI=1S/C26H27F4N4O4PS/c1-5-37-39(36,38-6-2)14-22(35)34-12-17(23-15(3)20(10-31)40-21(23)13-34)16-8-7-9-19(27)24(16)18-11-33(4)32-25(18)26(28,29)30/h7-9,11,17H,5-6,12-14H2,1-4H3. The van der Waals surface area contributed by atoms with E-state index >= 15 is 4.39 Å². The summed E-state index contributed by atoms with van der Waals surface area (Å²) in [5, 5.41) is 13.2. The van der Waals surface area contributed by atoms with Crippen molar-refractivity contribution in [2.75, 3.05) is 25.9 Å². The molecule has 1 aromatic carbocycles. The molecule has 0 saturated carbocycles. The Balaban J connectivity index is 1.87. The summed E-state index contributed by atoms with van der Waals surface area (Å²) in [5.74, 6) is -2.22. The highest BCUT2D eigenvalue weighted by Crippen LogP contribution is 2.50. The molecule has 0 fully saturated rings. The number of thiophene rings is 1. The Morgan fingerprint density at radius 3 is 2.55 bits per heavy atom. The first-order valence-corrected chi connectivity index (χ1v) is 15.0. The van der Waals surface area contributed by atoms with E-state index in [1.807, 2.05) is 0 Å². The minimum atomic E-state index is -4.85. The van der Waals surface area contributed by atoms with Gasteiger partial charge in [-0.2, -0.15) is 23.5 Å². The number of carbonyl (C=O) groups is 1. The van der Waals surface area contributed by atoms with Crippen LogP contribution in [0.5, 0.6) is 0 Å². The van der Waals surface area contributed by atoms with E-state index in [2.05, 4.69) is 11.2 Å². The van der Waals surface area contributed by atoms with Gasteiger partial charge in [-0.15, -0.1) is 11.3 Å². The first-order valence-electron chi connectivity index (χ1n) is 12.4. The third kappa shape index (κ3) is 5.72. The van der Waals surface area contributed by atoms with Crippen LogP contribution in [0.15, 0.2) is 24.4 Å². The van der Waals surface area contributed by atoms with E-state index in [0.29, 0.717) is 20.9 Å². The molecule has 1 unspecified atom stereocenters. The van der Waals surface area contributed by atoms with Crippen LogP contribution in [0.2, 0.25) is 0 Å².